The molecular formula is C15H23NO3. The molecular weight excluding hydrogens is 242 g/mol. The van der Waals surface area contributed by atoms with Crippen LogP contribution in [0.5, 0.6) is 0 Å². The van der Waals surface area contributed by atoms with Crippen molar-refractivity contribution in [2.75, 3.05) is 26.4 Å². The van der Waals surface area contributed by atoms with Crippen molar-refractivity contribution in [1.29, 1.82) is 0 Å². The van der Waals surface area contributed by atoms with Gasteiger partial charge in [0.2, 0.25) is 0 Å². The Morgan fingerprint density at radius 1 is 1.16 bits per heavy atom. The zero-order valence-corrected chi connectivity index (χ0v) is 11.7. The van der Waals surface area contributed by atoms with Gasteiger partial charge in [0.15, 0.2) is 0 Å². The highest BCUT2D eigenvalue weighted by Crippen LogP contribution is 1.97. The summed E-state index contributed by atoms with van der Waals surface area (Å²) in [5, 5.41) is 3.29. The first-order valence-electron chi connectivity index (χ1n) is 6.69. The van der Waals surface area contributed by atoms with Gasteiger partial charge in [-0.05, 0) is 5.56 Å². The second-order valence-electron chi connectivity index (χ2n) is 4.60. The molecule has 0 saturated heterocycles. The van der Waals surface area contributed by atoms with Gasteiger partial charge in [0.05, 0.1) is 19.1 Å². The molecule has 1 N–H and O–H groups in total. The second kappa shape index (κ2) is 9.53. The topological polar surface area (TPSA) is 47.6 Å². The van der Waals surface area contributed by atoms with Crippen LogP contribution in [-0.2, 0) is 20.8 Å². The van der Waals surface area contributed by atoms with Crippen molar-refractivity contribution in [2.45, 2.75) is 20.4 Å². The summed E-state index contributed by atoms with van der Waals surface area (Å²) in [4.78, 5) is 11.1. The molecule has 106 valence electrons. The number of rotatable bonds is 9. The molecule has 0 fully saturated rings. The maximum atomic E-state index is 11.1. The van der Waals surface area contributed by atoms with Crippen LogP contribution in [0, 0.1) is 5.92 Å². The third kappa shape index (κ3) is 7.59. The minimum Gasteiger partial charge on any atom is -0.463 e. The van der Waals surface area contributed by atoms with Crippen molar-refractivity contribution in [2.24, 2.45) is 5.92 Å². The van der Waals surface area contributed by atoms with Crippen molar-refractivity contribution < 1.29 is 14.3 Å². The molecule has 0 aliphatic rings. The highest BCUT2D eigenvalue weighted by atomic mass is 16.6. The van der Waals surface area contributed by atoms with Gasteiger partial charge in [0.25, 0.3) is 0 Å². The summed E-state index contributed by atoms with van der Waals surface area (Å²) in [5.74, 6) is -0.252. The lowest BCUT2D eigenvalue weighted by Gasteiger charge is -2.08. The van der Waals surface area contributed by atoms with Gasteiger partial charge in [0, 0.05) is 13.1 Å². The monoisotopic (exact) mass is 265 g/mol. The summed E-state index contributed by atoms with van der Waals surface area (Å²) in [7, 11) is 0. The van der Waals surface area contributed by atoms with E-state index in [1.54, 1.807) is 0 Å². The minimum atomic E-state index is -0.175. The Balaban J connectivity index is 1.90. The maximum Gasteiger partial charge on any atom is 0.308 e. The fourth-order valence-corrected chi connectivity index (χ4v) is 1.44. The van der Waals surface area contributed by atoms with Crippen LogP contribution in [0.15, 0.2) is 30.3 Å². The predicted molar refractivity (Wildman–Crippen MR) is 74.8 cm³/mol. The van der Waals surface area contributed by atoms with E-state index in [0.717, 1.165) is 13.1 Å². The zero-order chi connectivity index (χ0) is 13.9. The van der Waals surface area contributed by atoms with Crippen LogP contribution in [0.2, 0.25) is 0 Å². The zero-order valence-electron chi connectivity index (χ0n) is 11.7. The van der Waals surface area contributed by atoms with Crippen LogP contribution in [-0.4, -0.2) is 32.3 Å². The highest BCUT2D eigenvalue weighted by Gasteiger charge is 2.06. The van der Waals surface area contributed by atoms with E-state index in [1.807, 2.05) is 32.0 Å². The fraction of sp³-hybridized carbons (Fsp3) is 0.533. The Hall–Kier alpha value is -1.39. The molecule has 0 aliphatic carbocycles. The summed E-state index contributed by atoms with van der Waals surface area (Å²) in [6.45, 7) is 6.65. The van der Waals surface area contributed by atoms with Gasteiger partial charge in [-0.25, -0.2) is 0 Å². The van der Waals surface area contributed by atoms with E-state index >= 15 is 0 Å². The molecule has 4 nitrogen and oxygen atoms in total. The van der Waals surface area contributed by atoms with Crippen LogP contribution < -0.4 is 5.32 Å². The standard InChI is InChI=1S/C15H23NO3/c1-13(2)15(17)19-11-10-18-9-8-16-12-14-6-4-3-5-7-14/h3-7,13,16H,8-12H2,1-2H3. The van der Waals surface area contributed by atoms with E-state index in [4.69, 9.17) is 9.47 Å². The number of carbonyl (C=O) groups excluding carboxylic acids is 1. The Morgan fingerprint density at radius 3 is 2.58 bits per heavy atom. The van der Waals surface area contributed by atoms with E-state index in [1.165, 1.54) is 5.56 Å². The molecule has 1 rings (SSSR count). The predicted octanol–water partition coefficient (Wildman–Crippen LogP) is 1.99. The molecule has 0 atom stereocenters. The smallest absolute Gasteiger partial charge is 0.308 e. The average molecular weight is 265 g/mol. The quantitative estimate of drug-likeness (QED) is 0.548. The molecule has 0 bridgehead atoms. The molecule has 1 aromatic carbocycles. The minimum absolute atomic E-state index is 0.0764. The fourth-order valence-electron chi connectivity index (χ4n) is 1.44. The van der Waals surface area contributed by atoms with E-state index in [0.29, 0.717) is 19.8 Å². The number of nitrogens with one attached hydrogen (secondary N) is 1. The van der Waals surface area contributed by atoms with E-state index in [2.05, 4.69) is 17.4 Å². The van der Waals surface area contributed by atoms with Gasteiger partial charge in [-0.2, -0.15) is 0 Å². The van der Waals surface area contributed by atoms with E-state index in [9.17, 15) is 4.79 Å². The summed E-state index contributed by atoms with van der Waals surface area (Å²) < 4.78 is 10.4. The molecule has 4 heteroatoms. The first-order valence-corrected chi connectivity index (χ1v) is 6.69. The van der Waals surface area contributed by atoms with Gasteiger partial charge < -0.3 is 14.8 Å². The molecule has 0 unspecified atom stereocenters. The van der Waals surface area contributed by atoms with Crippen LogP contribution >= 0.6 is 0 Å². The molecule has 19 heavy (non-hydrogen) atoms. The van der Waals surface area contributed by atoms with Crippen LogP contribution in [0.1, 0.15) is 19.4 Å². The molecule has 0 radical (unpaired) electrons. The Bertz CT molecular complexity index is 352. The van der Waals surface area contributed by atoms with Crippen LogP contribution in [0.25, 0.3) is 0 Å². The van der Waals surface area contributed by atoms with Gasteiger partial charge in [-0.15, -0.1) is 0 Å². The van der Waals surface area contributed by atoms with Crippen LogP contribution in [0.3, 0.4) is 0 Å². The van der Waals surface area contributed by atoms with E-state index in [-0.39, 0.29) is 11.9 Å². The van der Waals surface area contributed by atoms with Crippen molar-refractivity contribution in [3.8, 4) is 0 Å². The van der Waals surface area contributed by atoms with Gasteiger partial charge >= 0.3 is 5.97 Å². The number of esters is 1. The molecule has 0 aliphatic heterocycles. The molecule has 0 spiro atoms. The average Bonchev–Trinajstić information content (AvgIpc) is 2.42. The highest BCUT2D eigenvalue weighted by molar-refractivity contribution is 5.71. The Labute approximate surface area is 115 Å². The third-order valence-electron chi connectivity index (χ3n) is 2.54. The summed E-state index contributed by atoms with van der Waals surface area (Å²) in [6.07, 6.45) is 0. The Kier molecular flexibility index (Phi) is 7.86. The lowest BCUT2D eigenvalue weighted by Crippen LogP contribution is -2.21. The van der Waals surface area contributed by atoms with Gasteiger partial charge in [0.1, 0.15) is 6.61 Å². The molecule has 1 aromatic rings. The maximum absolute atomic E-state index is 11.1. The number of ether oxygens (including phenoxy) is 2. The van der Waals surface area contributed by atoms with Gasteiger partial charge in [-0.3, -0.25) is 4.79 Å². The van der Waals surface area contributed by atoms with E-state index < -0.39 is 0 Å². The van der Waals surface area contributed by atoms with Gasteiger partial charge in [-0.1, -0.05) is 44.2 Å². The van der Waals surface area contributed by atoms with Crippen molar-refractivity contribution in [3.05, 3.63) is 35.9 Å². The number of hydrogen-bond acceptors (Lipinski definition) is 4. The molecule has 0 amide bonds. The lowest BCUT2D eigenvalue weighted by molar-refractivity contribution is -0.148. The Morgan fingerprint density at radius 2 is 1.89 bits per heavy atom. The van der Waals surface area contributed by atoms with Crippen molar-refractivity contribution in [3.63, 3.8) is 0 Å². The summed E-state index contributed by atoms with van der Waals surface area (Å²) in [5.41, 5.74) is 1.26. The van der Waals surface area contributed by atoms with Crippen molar-refractivity contribution in [1.82, 2.24) is 5.32 Å². The first-order chi connectivity index (χ1) is 9.20. The van der Waals surface area contributed by atoms with Crippen LogP contribution in [0.4, 0.5) is 0 Å². The number of benzene rings is 1. The van der Waals surface area contributed by atoms with Crippen molar-refractivity contribution >= 4 is 5.97 Å². The molecule has 0 aromatic heterocycles. The number of hydrogen-bond donors (Lipinski definition) is 1. The summed E-state index contributed by atoms with van der Waals surface area (Å²) in [6, 6.07) is 10.2. The first kappa shape index (κ1) is 15.7. The lowest BCUT2D eigenvalue weighted by atomic mass is 10.2. The molecule has 0 heterocycles. The third-order valence-corrected chi connectivity index (χ3v) is 2.54. The molecule has 0 saturated carbocycles. The SMILES string of the molecule is CC(C)C(=O)OCCOCCNCc1ccccc1. The second-order valence-corrected chi connectivity index (χ2v) is 4.60. The number of carbonyl (C=O) groups is 1. The normalized spacial score (nSPS) is 10.7. The summed E-state index contributed by atoms with van der Waals surface area (Å²) >= 11 is 0. The largest absolute Gasteiger partial charge is 0.463 e.